The summed E-state index contributed by atoms with van der Waals surface area (Å²) in [6.45, 7) is 1.40. The second kappa shape index (κ2) is 9.48. The molecule has 2 aromatic carbocycles. The van der Waals surface area contributed by atoms with E-state index >= 15 is 0 Å². The standard InChI is InChI=1S/C24H26N2O4/c1-28-20-11-9-18(10-12-20)14-22-15-25-24(30-22)19-6-5-13-26(16-19)23(27)17-29-21-7-3-2-4-8-21/h2-4,7-12,15,19H,5-6,13-14,16-17H2,1H3/t19-/m1/s1. The molecule has 0 aliphatic carbocycles. The third-order valence-corrected chi connectivity index (χ3v) is 5.34. The van der Waals surface area contributed by atoms with E-state index in [9.17, 15) is 4.79 Å². The molecule has 0 saturated carbocycles. The largest absolute Gasteiger partial charge is 0.497 e. The zero-order chi connectivity index (χ0) is 20.8. The molecular formula is C24H26N2O4. The molecule has 1 amide bonds. The van der Waals surface area contributed by atoms with Crippen LogP contribution in [-0.2, 0) is 11.2 Å². The minimum atomic E-state index is -0.00596. The number of amides is 1. The van der Waals surface area contributed by atoms with Gasteiger partial charge in [0.05, 0.1) is 19.2 Å². The highest BCUT2D eigenvalue weighted by atomic mass is 16.5. The van der Waals surface area contributed by atoms with Crippen LogP contribution in [0, 0.1) is 0 Å². The Morgan fingerprint density at radius 2 is 1.93 bits per heavy atom. The van der Waals surface area contributed by atoms with E-state index in [2.05, 4.69) is 4.98 Å². The number of para-hydroxylation sites is 1. The van der Waals surface area contributed by atoms with Gasteiger partial charge in [0, 0.05) is 19.5 Å². The predicted molar refractivity (Wildman–Crippen MR) is 113 cm³/mol. The minimum absolute atomic E-state index is 0.00596. The topological polar surface area (TPSA) is 64.8 Å². The van der Waals surface area contributed by atoms with Gasteiger partial charge in [0.25, 0.3) is 5.91 Å². The highest BCUT2D eigenvalue weighted by molar-refractivity contribution is 5.78. The molecule has 1 fully saturated rings. The van der Waals surface area contributed by atoms with Gasteiger partial charge in [0.1, 0.15) is 17.3 Å². The summed E-state index contributed by atoms with van der Waals surface area (Å²) in [5.41, 5.74) is 1.14. The summed E-state index contributed by atoms with van der Waals surface area (Å²) < 4.78 is 16.8. The maximum atomic E-state index is 12.6. The van der Waals surface area contributed by atoms with Crippen LogP contribution in [0.1, 0.15) is 36.0 Å². The van der Waals surface area contributed by atoms with Crippen LogP contribution in [0.2, 0.25) is 0 Å². The lowest BCUT2D eigenvalue weighted by molar-refractivity contribution is -0.134. The van der Waals surface area contributed by atoms with E-state index < -0.39 is 0 Å². The summed E-state index contributed by atoms with van der Waals surface area (Å²) in [6.07, 6.45) is 4.36. The molecule has 0 unspecified atom stereocenters. The van der Waals surface area contributed by atoms with Gasteiger partial charge in [-0.3, -0.25) is 4.79 Å². The van der Waals surface area contributed by atoms with E-state index in [1.807, 2.05) is 59.5 Å². The van der Waals surface area contributed by atoms with Crippen LogP contribution in [0.25, 0.3) is 0 Å². The molecule has 0 bridgehead atoms. The van der Waals surface area contributed by atoms with Gasteiger partial charge in [-0.2, -0.15) is 0 Å². The first kappa shape index (κ1) is 20.0. The Morgan fingerprint density at radius 1 is 1.13 bits per heavy atom. The lowest BCUT2D eigenvalue weighted by Gasteiger charge is -2.31. The second-order valence-electron chi connectivity index (χ2n) is 7.47. The summed E-state index contributed by atoms with van der Waals surface area (Å²) in [4.78, 5) is 18.9. The summed E-state index contributed by atoms with van der Waals surface area (Å²) in [7, 11) is 1.66. The SMILES string of the molecule is COc1ccc(Cc2cnc([C@@H]3CCCN(C(=O)COc4ccccc4)C3)o2)cc1. The normalized spacial score (nSPS) is 16.3. The smallest absolute Gasteiger partial charge is 0.260 e. The molecule has 6 nitrogen and oxygen atoms in total. The van der Waals surface area contributed by atoms with Crippen molar-refractivity contribution in [3.05, 3.63) is 78.0 Å². The monoisotopic (exact) mass is 406 g/mol. The number of likely N-dealkylation sites (tertiary alicyclic amines) is 1. The van der Waals surface area contributed by atoms with E-state index in [0.29, 0.717) is 24.6 Å². The van der Waals surface area contributed by atoms with E-state index in [-0.39, 0.29) is 18.4 Å². The molecule has 0 radical (unpaired) electrons. The van der Waals surface area contributed by atoms with Gasteiger partial charge in [-0.1, -0.05) is 30.3 Å². The van der Waals surface area contributed by atoms with Crippen LogP contribution in [0.5, 0.6) is 11.5 Å². The molecule has 4 rings (SSSR count). The number of hydrogen-bond donors (Lipinski definition) is 0. The van der Waals surface area contributed by atoms with Crippen molar-refractivity contribution in [3.8, 4) is 11.5 Å². The van der Waals surface area contributed by atoms with Crippen LogP contribution in [0.4, 0.5) is 0 Å². The number of piperidine rings is 1. The van der Waals surface area contributed by atoms with Gasteiger partial charge in [0.15, 0.2) is 12.5 Å². The van der Waals surface area contributed by atoms with Gasteiger partial charge in [-0.05, 0) is 42.7 Å². The van der Waals surface area contributed by atoms with E-state index in [1.54, 1.807) is 13.3 Å². The van der Waals surface area contributed by atoms with Crippen LogP contribution < -0.4 is 9.47 Å². The van der Waals surface area contributed by atoms with Gasteiger partial charge < -0.3 is 18.8 Å². The average Bonchev–Trinajstić information content (AvgIpc) is 3.27. The van der Waals surface area contributed by atoms with Crippen molar-refractivity contribution in [1.82, 2.24) is 9.88 Å². The number of nitrogens with zero attached hydrogens (tertiary/aromatic N) is 2. The third-order valence-electron chi connectivity index (χ3n) is 5.34. The first-order valence-electron chi connectivity index (χ1n) is 10.2. The molecule has 1 aliphatic heterocycles. The quantitative estimate of drug-likeness (QED) is 0.592. The van der Waals surface area contributed by atoms with Crippen molar-refractivity contribution in [2.24, 2.45) is 0 Å². The maximum absolute atomic E-state index is 12.6. The average molecular weight is 406 g/mol. The van der Waals surface area contributed by atoms with Crippen LogP contribution in [-0.4, -0.2) is 42.6 Å². The molecule has 6 heteroatoms. The number of carbonyl (C=O) groups is 1. The first-order chi connectivity index (χ1) is 14.7. The number of carbonyl (C=O) groups excluding carboxylic acids is 1. The van der Waals surface area contributed by atoms with Crippen LogP contribution in [0.3, 0.4) is 0 Å². The Bertz CT molecular complexity index is 953. The first-order valence-corrected chi connectivity index (χ1v) is 10.2. The lowest BCUT2D eigenvalue weighted by Crippen LogP contribution is -2.41. The number of ether oxygens (including phenoxy) is 2. The van der Waals surface area contributed by atoms with Crippen molar-refractivity contribution in [1.29, 1.82) is 0 Å². The number of methoxy groups -OCH3 is 1. The fraction of sp³-hybridized carbons (Fsp3) is 0.333. The van der Waals surface area contributed by atoms with Crippen molar-refractivity contribution in [3.63, 3.8) is 0 Å². The molecule has 0 N–H and O–H groups in total. The summed E-state index contributed by atoms with van der Waals surface area (Å²) >= 11 is 0. The minimum Gasteiger partial charge on any atom is -0.497 e. The second-order valence-corrected chi connectivity index (χ2v) is 7.47. The molecule has 1 aliphatic rings. The Kier molecular flexibility index (Phi) is 6.32. The van der Waals surface area contributed by atoms with Crippen LogP contribution in [0.15, 0.2) is 65.2 Å². The maximum Gasteiger partial charge on any atom is 0.260 e. The fourth-order valence-electron chi connectivity index (χ4n) is 3.70. The molecule has 30 heavy (non-hydrogen) atoms. The predicted octanol–water partition coefficient (Wildman–Crippen LogP) is 4.06. The third kappa shape index (κ3) is 5.00. The Morgan fingerprint density at radius 3 is 2.70 bits per heavy atom. The molecule has 2 heterocycles. The molecule has 1 aromatic heterocycles. The number of hydrogen-bond acceptors (Lipinski definition) is 5. The van der Waals surface area contributed by atoms with Gasteiger partial charge in [-0.15, -0.1) is 0 Å². The summed E-state index contributed by atoms with van der Waals surface area (Å²) in [6, 6.07) is 17.3. The summed E-state index contributed by atoms with van der Waals surface area (Å²) in [5.74, 6) is 3.18. The van der Waals surface area contributed by atoms with E-state index in [0.717, 1.165) is 36.5 Å². The van der Waals surface area contributed by atoms with E-state index in [1.165, 1.54) is 0 Å². The Labute approximate surface area is 176 Å². The van der Waals surface area contributed by atoms with Crippen molar-refractivity contribution >= 4 is 5.91 Å². The molecular weight excluding hydrogens is 380 g/mol. The van der Waals surface area contributed by atoms with E-state index in [4.69, 9.17) is 13.9 Å². The van der Waals surface area contributed by atoms with Crippen molar-refractivity contribution in [2.45, 2.75) is 25.2 Å². The number of benzene rings is 2. The van der Waals surface area contributed by atoms with Crippen molar-refractivity contribution in [2.75, 3.05) is 26.8 Å². The van der Waals surface area contributed by atoms with Gasteiger partial charge in [0.2, 0.25) is 0 Å². The molecule has 1 atom stereocenters. The number of oxazole rings is 1. The summed E-state index contributed by atoms with van der Waals surface area (Å²) in [5, 5.41) is 0. The number of aromatic nitrogens is 1. The molecule has 1 saturated heterocycles. The molecule has 3 aromatic rings. The Balaban J connectivity index is 1.33. The molecule has 156 valence electrons. The van der Waals surface area contributed by atoms with Crippen LogP contribution >= 0.6 is 0 Å². The highest BCUT2D eigenvalue weighted by Crippen LogP contribution is 2.27. The molecule has 0 spiro atoms. The van der Waals surface area contributed by atoms with Gasteiger partial charge >= 0.3 is 0 Å². The lowest BCUT2D eigenvalue weighted by atomic mass is 9.98. The zero-order valence-corrected chi connectivity index (χ0v) is 17.1. The Hall–Kier alpha value is -3.28. The van der Waals surface area contributed by atoms with Gasteiger partial charge in [-0.25, -0.2) is 4.98 Å². The fourth-order valence-corrected chi connectivity index (χ4v) is 3.70. The van der Waals surface area contributed by atoms with Crippen molar-refractivity contribution < 1.29 is 18.7 Å². The highest BCUT2D eigenvalue weighted by Gasteiger charge is 2.28. The zero-order valence-electron chi connectivity index (χ0n) is 17.1. The number of rotatable bonds is 7.